The summed E-state index contributed by atoms with van der Waals surface area (Å²) in [6.45, 7) is 0. The number of para-hydroxylation sites is 5. The number of hydrogen-bond acceptors (Lipinski definition) is 8. The van der Waals surface area contributed by atoms with Crippen molar-refractivity contribution < 1.29 is 44.1 Å². The van der Waals surface area contributed by atoms with Gasteiger partial charge in [-0.25, -0.2) is 9.97 Å². The minimum atomic E-state index is -0.0437. The number of aromatic amines is 2. The van der Waals surface area contributed by atoms with Gasteiger partial charge < -0.3 is 39.9 Å². The summed E-state index contributed by atoms with van der Waals surface area (Å²) < 4.78 is 6.78. The summed E-state index contributed by atoms with van der Waals surface area (Å²) in [5.74, 6) is 0.507. The smallest absolute Gasteiger partial charge is 0.872 e. The van der Waals surface area contributed by atoms with Crippen molar-refractivity contribution in [1.29, 1.82) is 0 Å². The van der Waals surface area contributed by atoms with Crippen LogP contribution in [0.3, 0.4) is 0 Å². The molecular weight excluding hydrogens is 875 g/mol. The second-order valence-electron chi connectivity index (χ2n) is 13.3. The Bertz CT molecular complexity index is 3020. The van der Waals surface area contributed by atoms with Crippen molar-refractivity contribution in [3.63, 3.8) is 0 Å². The molecule has 0 saturated carbocycles. The minimum Gasteiger partial charge on any atom is -0.872 e. The van der Waals surface area contributed by atoms with E-state index in [4.69, 9.17) is 29.7 Å². The second-order valence-corrected chi connectivity index (χ2v) is 15.2. The van der Waals surface area contributed by atoms with Gasteiger partial charge >= 0.3 is 35.5 Å². The Labute approximate surface area is 390 Å². The molecule has 11 rings (SSSR count). The third-order valence-electron chi connectivity index (χ3n) is 9.36. The van der Waals surface area contributed by atoms with Gasteiger partial charge in [0.1, 0.15) is 5.01 Å². The molecule has 11 aromatic rings. The van der Waals surface area contributed by atoms with Gasteiger partial charge in [-0.3, -0.25) is 4.98 Å². The van der Waals surface area contributed by atoms with Crippen LogP contribution in [0.5, 0.6) is 11.5 Å². The Morgan fingerprint density at radius 2 is 1.18 bits per heavy atom. The molecule has 7 nitrogen and oxygen atoms in total. The first-order valence-corrected chi connectivity index (χ1v) is 20.5. The van der Waals surface area contributed by atoms with E-state index in [-0.39, 0.29) is 41.1 Å². The van der Waals surface area contributed by atoms with E-state index >= 15 is 0 Å². The fourth-order valence-electron chi connectivity index (χ4n) is 6.45. The van der Waals surface area contributed by atoms with Crippen LogP contribution in [0.15, 0.2) is 209 Å². The maximum Gasteiger partial charge on any atom is 2.00 e. The summed E-state index contributed by atoms with van der Waals surface area (Å²) in [5.41, 5.74) is 6.96. The quantitative estimate of drug-likeness (QED) is 0.128. The van der Waals surface area contributed by atoms with E-state index in [1.54, 1.807) is 41.8 Å². The maximum absolute atomic E-state index is 11.6. The first kappa shape index (κ1) is 45.1. The number of fused-ring (bicyclic) bond motifs is 4. The molecule has 0 radical (unpaired) electrons. The van der Waals surface area contributed by atoms with Crippen molar-refractivity contribution in [2.45, 2.75) is 9.79 Å². The van der Waals surface area contributed by atoms with Crippen LogP contribution < -0.4 is 20.2 Å². The molecule has 0 fully saturated rings. The number of aromatic nitrogens is 4. The number of benzene rings is 7. The second kappa shape index (κ2) is 21.4. The van der Waals surface area contributed by atoms with Crippen LogP contribution in [0.4, 0.5) is 0 Å². The van der Waals surface area contributed by atoms with Gasteiger partial charge in [-0.2, -0.15) is 14.8 Å². The number of thiazole rings is 1. The van der Waals surface area contributed by atoms with Crippen molar-refractivity contribution in [1.82, 2.24) is 9.97 Å². The summed E-state index contributed by atoms with van der Waals surface area (Å²) in [6.07, 6.45) is 3.59. The fraction of sp³-hybridized carbons (Fsp3) is 0. The molecule has 7 aromatic carbocycles. The number of rotatable bonds is 3. The first-order valence-electron chi connectivity index (χ1n) is 18.9. The fourth-order valence-corrected chi connectivity index (χ4v) is 8.00. The third-order valence-corrected chi connectivity index (χ3v) is 11.1. The summed E-state index contributed by atoms with van der Waals surface area (Å²) in [6, 6.07) is 57.6. The number of hydrogen-bond donors (Lipinski definition) is 0. The maximum atomic E-state index is 11.6. The molecular formula is C50H34BeN4O3S3Zn+2. The molecule has 2 N–H and O–H groups in total. The molecule has 4 aromatic heterocycles. The van der Waals surface area contributed by atoms with Crippen molar-refractivity contribution in [2.75, 3.05) is 0 Å². The van der Waals surface area contributed by atoms with Crippen LogP contribution in [-0.2, 0) is 44.7 Å². The van der Waals surface area contributed by atoms with Gasteiger partial charge in [-0.05, 0) is 64.7 Å². The average Bonchev–Trinajstić information content (AvgIpc) is 3.93. The topological polar surface area (TPSA) is 113 Å². The van der Waals surface area contributed by atoms with E-state index < -0.39 is 0 Å². The summed E-state index contributed by atoms with van der Waals surface area (Å²) >= 11 is 12.3. The van der Waals surface area contributed by atoms with E-state index in [1.807, 2.05) is 140 Å². The number of nitrogens with one attached hydrogen (secondary N) is 2. The van der Waals surface area contributed by atoms with Crippen molar-refractivity contribution in [3.8, 4) is 44.8 Å². The monoisotopic (exact) mass is 907 g/mol. The zero-order chi connectivity index (χ0) is 41.3. The zero-order valence-corrected chi connectivity index (χ0v) is 38.6. The minimum absolute atomic E-state index is 0. The van der Waals surface area contributed by atoms with E-state index in [0.29, 0.717) is 17.0 Å². The summed E-state index contributed by atoms with van der Waals surface area (Å²) in [5, 5.41) is 27.1. The molecule has 0 atom stereocenters. The average molecular weight is 909 g/mol. The zero-order valence-electron chi connectivity index (χ0n) is 33.2. The van der Waals surface area contributed by atoms with Gasteiger partial charge in [0.15, 0.2) is 6.20 Å². The van der Waals surface area contributed by atoms with Gasteiger partial charge in [0.2, 0.25) is 16.6 Å². The van der Waals surface area contributed by atoms with E-state index in [9.17, 15) is 10.2 Å². The Balaban J connectivity index is 0.000000138. The molecule has 292 valence electrons. The van der Waals surface area contributed by atoms with Crippen LogP contribution in [0, 0.1) is 0 Å². The molecule has 0 aliphatic rings. The molecule has 0 unspecified atom stereocenters. The first-order chi connectivity index (χ1) is 29.4. The van der Waals surface area contributed by atoms with Crippen LogP contribution in [0.2, 0.25) is 0 Å². The molecule has 0 amide bonds. The van der Waals surface area contributed by atoms with E-state index in [1.165, 1.54) is 16.2 Å². The molecule has 62 heavy (non-hydrogen) atoms. The van der Waals surface area contributed by atoms with Gasteiger partial charge in [0, 0.05) is 29.1 Å². The molecule has 4 heterocycles. The summed E-state index contributed by atoms with van der Waals surface area (Å²) in [4.78, 5) is 16.8. The van der Waals surface area contributed by atoms with Gasteiger partial charge in [0.05, 0.1) is 21.5 Å². The van der Waals surface area contributed by atoms with Crippen molar-refractivity contribution in [3.05, 3.63) is 194 Å². The van der Waals surface area contributed by atoms with Crippen molar-refractivity contribution >= 4 is 89.7 Å². The van der Waals surface area contributed by atoms with Crippen LogP contribution in [-0.4, -0.2) is 20.1 Å². The Kier molecular flexibility index (Phi) is 15.5. The largest absolute Gasteiger partial charge is 2.00 e. The number of oxazole rings is 1. The van der Waals surface area contributed by atoms with Crippen molar-refractivity contribution in [2.24, 2.45) is 0 Å². The normalized spacial score (nSPS) is 10.3. The number of pyridine rings is 2. The molecule has 0 aliphatic heterocycles. The van der Waals surface area contributed by atoms with Gasteiger partial charge in [-0.1, -0.05) is 133 Å². The Morgan fingerprint density at radius 1 is 0.565 bits per heavy atom. The SMILES string of the molecule is [Be+2].[O-]c1cccc2ccc[nH+]c12.[O-]c1ccccc1-c1[nH+]c2ccccc2o1.[S-]c1ccccc1-c1nc2ccccc2s1.[S-]c1ccccc1-c1nccc2ccccc12.[Zn+2]. The standard InChI is InChI=1S/C15H11NS.C13H9NO2.C13H9NS2.C9H7NO.Be.Zn/c17-14-8-4-3-7-13(14)15-12-6-2-1-5-11(12)9-10-16-15;2*15-11-7-3-1-5-9(11)13-14-10-6-2-4-8-12(10)16-13;11-8-5-1-3-7-4-2-6-10-9(7)8;;/h1-10,17H;2*1-8,15H;1-6,11H;;/q;;;;2*+2/p-2. The van der Waals surface area contributed by atoms with E-state index in [2.05, 4.69) is 38.1 Å². The van der Waals surface area contributed by atoms with Crippen LogP contribution in [0.25, 0.3) is 76.3 Å². The molecule has 12 heteroatoms. The third kappa shape index (κ3) is 10.5. The number of nitrogens with zero attached hydrogens (tertiary/aromatic N) is 2. The summed E-state index contributed by atoms with van der Waals surface area (Å²) in [7, 11) is 0. The Morgan fingerprint density at radius 3 is 1.92 bits per heavy atom. The number of H-pyrrole nitrogens is 2. The van der Waals surface area contributed by atoms with E-state index in [0.717, 1.165) is 59.0 Å². The predicted molar refractivity (Wildman–Crippen MR) is 247 cm³/mol. The van der Waals surface area contributed by atoms with Gasteiger partial charge in [0.25, 0.3) is 0 Å². The van der Waals surface area contributed by atoms with Crippen LogP contribution in [0.1, 0.15) is 0 Å². The molecule has 0 saturated heterocycles. The molecule has 0 spiro atoms. The predicted octanol–water partition coefficient (Wildman–Crippen LogP) is 10.0. The van der Waals surface area contributed by atoms with Gasteiger partial charge in [-0.15, -0.1) is 11.3 Å². The Hall–Kier alpha value is -6.45. The molecule has 0 aliphatic carbocycles. The molecule has 0 bridgehead atoms. The van der Waals surface area contributed by atoms with Crippen LogP contribution >= 0.6 is 11.3 Å².